The lowest BCUT2D eigenvalue weighted by Crippen LogP contribution is -2.10. The molecule has 0 aromatic carbocycles. The van der Waals surface area contributed by atoms with Gasteiger partial charge in [0.25, 0.3) is 0 Å². The monoisotopic (exact) mass is 229 g/mol. The molecule has 0 amide bonds. The number of carbonyl (C=O) groups is 1. The van der Waals surface area contributed by atoms with Crippen LogP contribution in [0, 0.1) is 0 Å². The van der Waals surface area contributed by atoms with E-state index in [2.05, 4.69) is 10.3 Å². The zero-order chi connectivity index (χ0) is 11.3. The van der Waals surface area contributed by atoms with Crippen LogP contribution in [-0.2, 0) is 0 Å². The fraction of sp³-hybridized carbons (Fsp3) is 0.333. The number of carboxylic acid groups (broad SMARTS) is 1. The number of carboxylic acids is 1. The van der Waals surface area contributed by atoms with Crippen LogP contribution in [0.15, 0.2) is 12.3 Å². The molecule has 0 aliphatic rings. The third-order valence-corrected chi connectivity index (χ3v) is 2.07. The third-order valence-electron chi connectivity index (χ3n) is 1.77. The minimum absolute atomic E-state index is 0.0434. The Morgan fingerprint density at radius 2 is 2.40 bits per heavy atom. The first kappa shape index (κ1) is 11.7. The summed E-state index contributed by atoms with van der Waals surface area (Å²) >= 11 is 5.66. The number of hydrogen-bond acceptors (Lipinski definition) is 4. The molecule has 82 valence electrons. The van der Waals surface area contributed by atoms with Crippen molar-refractivity contribution in [2.75, 3.05) is 18.4 Å². The first-order valence-electron chi connectivity index (χ1n) is 4.48. The normalized spacial score (nSPS) is 10.0. The van der Waals surface area contributed by atoms with E-state index in [-0.39, 0.29) is 10.6 Å². The molecular weight excluding hydrogens is 218 g/mol. The van der Waals surface area contributed by atoms with Crippen molar-refractivity contribution in [3.05, 3.63) is 22.8 Å². The highest BCUT2D eigenvalue weighted by Gasteiger charge is 2.09. The largest absolute Gasteiger partial charge is 0.478 e. The average Bonchev–Trinajstić information content (AvgIpc) is 2.20. The van der Waals surface area contributed by atoms with Gasteiger partial charge in [0.05, 0.1) is 10.6 Å². The van der Waals surface area contributed by atoms with E-state index in [1.54, 1.807) is 0 Å². The molecular formula is C9H12ClN3O2. The Kier molecular flexibility index (Phi) is 4.33. The van der Waals surface area contributed by atoms with E-state index >= 15 is 0 Å². The van der Waals surface area contributed by atoms with Crippen molar-refractivity contribution in [3.8, 4) is 0 Å². The standard InChI is InChI=1S/C9H12ClN3O2/c10-7-5-13-8(12-3-1-2-11)4-6(7)9(14)15/h4-5H,1-3,11H2,(H,12,13)(H,14,15). The molecule has 0 aliphatic carbocycles. The Labute approximate surface area is 92.3 Å². The lowest BCUT2D eigenvalue weighted by atomic mass is 10.2. The lowest BCUT2D eigenvalue weighted by Gasteiger charge is -2.05. The van der Waals surface area contributed by atoms with Gasteiger partial charge in [-0.05, 0) is 19.0 Å². The van der Waals surface area contributed by atoms with E-state index in [0.29, 0.717) is 18.9 Å². The van der Waals surface area contributed by atoms with Crippen LogP contribution in [0.3, 0.4) is 0 Å². The molecule has 15 heavy (non-hydrogen) atoms. The van der Waals surface area contributed by atoms with Gasteiger partial charge in [-0.3, -0.25) is 0 Å². The molecule has 0 bridgehead atoms. The van der Waals surface area contributed by atoms with Crippen molar-refractivity contribution in [3.63, 3.8) is 0 Å². The van der Waals surface area contributed by atoms with Crippen molar-refractivity contribution in [2.24, 2.45) is 5.73 Å². The highest BCUT2D eigenvalue weighted by molar-refractivity contribution is 6.33. The summed E-state index contributed by atoms with van der Waals surface area (Å²) in [6.45, 7) is 1.23. The molecule has 1 aromatic rings. The zero-order valence-corrected chi connectivity index (χ0v) is 8.79. The molecule has 0 fully saturated rings. The first-order chi connectivity index (χ1) is 7.15. The first-order valence-corrected chi connectivity index (χ1v) is 4.85. The number of aromatic carboxylic acids is 1. The fourth-order valence-corrected chi connectivity index (χ4v) is 1.20. The van der Waals surface area contributed by atoms with Gasteiger partial charge in [0.15, 0.2) is 0 Å². The Balaban J connectivity index is 2.74. The van der Waals surface area contributed by atoms with Crippen LogP contribution in [0.2, 0.25) is 5.02 Å². The predicted octanol–water partition coefficient (Wildman–Crippen LogP) is 1.19. The maximum Gasteiger partial charge on any atom is 0.337 e. The van der Waals surface area contributed by atoms with Crippen molar-refractivity contribution >= 4 is 23.4 Å². The van der Waals surface area contributed by atoms with Gasteiger partial charge >= 0.3 is 5.97 Å². The van der Waals surface area contributed by atoms with Crippen LogP contribution < -0.4 is 11.1 Å². The maximum absolute atomic E-state index is 10.7. The number of nitrogens with zero attached hydrogens (tertiary/aromatic N) is 1. The Morgan fingerprint density at radius 3 is 3.00 bits per heavy atom. The number of halogens is 1. The predicted molar refractivity (Wildman–Crippen MR) is 58.4 cm³/mol. The van der Waals surface area contributed by atoms with Crippen molar-refractivity contribution < 1.29 is 9.90 Å². The number of pyridine rings is 1. The minimum Gasteiger partial charge on any atom is -0.478 e. The molecule has 0 saturated heterocycles. The highest BCUT2D eigenvalue weighted by Crippen LogP contribution is 2.17. The van der Waals surface area contributed by atoms with E-state index < -0.39 is 5.97 Å². The molecule has 0 spiro atoms. The van der Waals surface area contributed by atoms with Gasteiger partial charge in [-0.15, -0.1) is 0 Å². The van der Waals surface area contributed by atoms with Crippen LogP contribution in [-0.4, -0.2) is 29.1 Å². The molecule has 0 aliphatic heterocycles. The summed E-state index contributed by atoms with van der Waals surface area (Å²) < 4.78 is 0. The fourth-order valence-electron chi connectivity index (χ4n) is 1.02. The Bertz CT molecular complexity index is 357. The second-order valence-corrected chi connectivity index (χ2v) is 3.33. The van der Waals surface area contributed by atoms with E-state index in [9.17, 15) is 4.79 Å². The van der Waals surface area contributed by atoms with Crippen LogP contribution in [0.25, 0.3) is 0 Å². The maximum atomic E-state index is 10.7. The molecule has 0 saturated carbocycles. The van der Waals surface area contributed by atoms with E-state index in [0.717, 1.165) is 6.42 Å². The molecule has 6 heteroatoms. The number of aromatic nitrogens is 1. The smallest absolute Gasteiger partial charge is 0.337 e. The van der Waals surface area contributed by atoms with Crippen molar-refractivity contribution in [1.29, 1.82) is 0 Å². The van der Waals surface area contributed by atoms with Gasteiger partial charge in [-0.25, -0.2) is 9.78 Å². The van der Waals surface area contributed by atoms with Crippen LogP contribution >= 0.6 is 11.6 Å². The highest BCUT2D eigenvalue weighted by atomic mass is 35.5. The summed E-state index contributed by atoms with van der Waals surface area (Å²) in [5.41, 5.74) is 5.36. The second-order valence-electron chi connectivity index (χ2n) is 2.92. The number of hydrogen-bond donors (Lipinski definition) is 3. The van der Waals surface area contributed by atoms with Crippen molar-refractivity contribution in [2.45, 2.75) is 6.42 Å². The molecule has 4 N–H and O–H groups in total. The summed E-state index contributed by atoms with van der Waals surface area (Å²) in [6, 6.07) is 1.40. The van der Waals surface area contributed by atoms with Gasteiger partial charge < -0.3 is 16.2 Å². The van der Waals surface area contributed by atoms with Crippen molar-refractivity contribution in [1.82, 2.24) is 4.98 Å². The van der Waals surface area contributed by atoms with Gasteiger partial charge in [0.2, 0.25) is 0 Å². The SMILES string of the molecule is NCCCNc1cc(C(=O)O)c(Cl)cn1. The zero-order valence-electron chi connectivity index (χ0n) is 8.03. The molecule has 1 heterocycles. The Hall–Kier alpha value is -1.33. The third kappa shape index (κ3) is 3.38. The minimum atomic E-state index is -1.07. The summed E-state index contributed by atoms with van der Waals surface area (Å²) in [5.74, 6) is -0.575. The van der Waals surface area contributed by atoms with E-state index in [4.69, 9.17) is 22.4 Å². The summed E-state index contributed by atoms with van der Waals surface area (Å²) in [7, 11) is 0. The molecule has 0 atom stereocenters. The molecule has 5 nitrogen and oxygen atoms in total. The van der Waals surface area contributed by atoms with Crippen LogP contribution in [0.5, 0.6) is 0 Å². The van der Waals surface area contributed by atoms with E-state index in [1.807, 2.05) is 0 Å². The van der Waals surface area contributed by atoms with E-state index in [1.165, 1.54) is 12.3 Å². The molecule has 0 unspecified atom stereocenters. The van der Waals surface area contributed by atoms with Crippen LogP contribution in [0.1, 0.15) is 16.8 Å². The quantitative estimate of drug-likeness (QED) is 0.660. The van der Waals surface area contributed by atoms with Gasteiger partial charge in [-0.1, -0.05) is 11.6 Å². The van der Waals surface area contributed by atoms with Gasteiger partial charge in [0.1, 0.15) is 5.82 Å². The number of nitrogens with one attached hydrogen (secondary N) is 1. The number of rotatable bonds is 5. The van der Waals surface area contributed by atoms with Crippen LogP contribution in [0.4, 0.5) is 5.82 Å². The number of nitrogens with two attached hydrogens (primary N) is 1. The second kappa shape index (κ2) is 5.53. The summed E-state index contributed by atoms with van der Waals surface area (Å²) in [5, 5.41) is 11.9. The number of anilines is 1. The molecule has 1 rings (SSSR count). The topological polar surface area (TPSA) is 88.2 Å². The van der Waals surface area contributed by atoms with Gasteiger partial charge in [-0.2, -0.15) is 0 Å². The average molecular weight is 230 g/mol. The summed E-state index contributed by atoms with van der Waals surface area (Å²) in [6.07, 6.45) is 2.11. The Morgan fingerprint density at radius 1 is 1.67 bits per heavy atom. The van der Waals surface area contributed by atoms with Gasteiger partial charge in [0, 0.05) is 12.7 Å². The molecule has 1 aromatic heterocycles. The summed E-state index contributed by atoms with van der Waals surface area (Å²) in [4.78, 5) is 14.7. The lowest BCUT2D eigenvalue weighted by molar-refractivity contribution is 0.0697. The molecule has 0 radical (unpaired) electrons.